The number of ether oxygens (including phenoxy) is 2. The van der Waals surface area contributed by atoms with Crippen molar-refractivity contribution >= 4 is 5.97 Å². The highest BCUT2D eigenvalue weighted by Crippen LogP contribution is 2.66. The van der Waals surface area contributed by atoms with Crippen molar-refractivity contribution in [1.29, 1.82) is 0 Å². The Morgan fingerprint density at radius 2 is 2.21 bits per heavy atom. The Morgan fingerprint density at radius 3 is 3.00 bits per heavy atom. The van der Waals surface area contributed by atoms with E-state index in [4.69, 9.17) is 9.47 Å². The van der Waals surface area contributed by atoms with Gasteiger partial charge in [0.15, 0.2) is 0 Å². The van der Waals surface area contributed by atoms with Crippen LogP contribution in [0.4, 0.5) is 0 Å². The fraction of sp³-hybridized carbons (Fsp3) is 0.842. The van der Waals surface area contributed by atoms with Crippen molar-refractivity contribution < 1.29 is 19.4 Å². The maximum atomic E-state index is 11.6. The third kappa shape index (κ3) is 1.78. The summed E-state index contributed by atoms with van der Waals surface area (Å²) in [6.07, 6.45) is 7.69. The van der Waals surface area contributed by atoms with E-state index in [0.29, 0.717) is 23.8 Å². The molecule has 2 heterocycles. The number of likely N-dealkylation sites (tertiary alicyclic amines) is 1. The summed E-state index contributed by atoms with van der Waals surface area (Å²) in [6.45, 7) is 2.53. The molecule has 5 heteroatoms. The van der Waals surface area contributed by atoms with Gasteiger partial charge in [-0.1, -0.05) is 6.08 Å². The van der Waals surface area contributed by atoms with Crippen LogP contribution in [-0.2, 0) is 14.3 Å². The number of rotatable bonds is 1. The fourth-order valence-corrected chi connectivity index (χ4v) is 6.91. The molecule has 2 saturated heterocycles. The number of hydrogen-bond donors (Lipinski definition) is 1. The molecule has 24 heavy (non-hydrogen) atoms. The minimum absolute atomic E-state index is 0.0288. The standard InChI is InChI=1S/C19H27NO4/c1-10(21)23-15-6-4-12-13-9-11-3-5-14(22)17-16(11)19(12,18(15)24-17)7-8-20(13)2/h4,6,11-18,22H,3,5,7-9H2,1-2H3/t11?,12-,13+,14?,15-,16?,17?,18?,19-/m0/s1. The minimum atomic E-state index is -0.374. The van der Waals surface area contributed by atoms with E-state index in [9.17, 15) is 9.90 Å². The van der Waals surface area contributed by atoms with Crippen LogP contribution in [0.15, 0.2) is 12.2 Å². The molecule has 0 aromatic rings. The normalized spacial score (nSPS) is 55.1. The zero-order valence-electron chi connectivity index (χ0n) is 14.4. The fourth-order valence-electron chi connectivity index (χ4n) is 6.91. The molecule has 2 bridgehead atoms. The first-order valence-electron chi connectivity index (χ1n) is 9.41. The number of carbonyl (C=O) groups is 1. The summed E-state index contributed by atoms with van der Waals surface area (Å²) < 4.78 is 12.1. The van der Waals surface area contributed by atoms with Gasteiger partial charge in [-0.25, -0.2) is 0 Å². The Morgan fingerprint density at radius 1 is 1.38 bits per heavy atom. The van der Waals surface area contributed by atoms with Crippen molar-refractivity contribution in [2.75, 3.05) is 13.6 Å². The highest BCUT2D eigenvalue weighted by Gasteiger charge is 2.71. The molecule has 2 saturated carbocycles. The first-order chi connectivity index (χ1) is 11.5. The lowest BCUT2D eigenvalue weighted by molar-refractivity contribution is -0.165. The highest BCUT2D eigenvalue weighted by molar-refractivity contribution is 5.66. The second-order valence-electron chi connectivity index (χ2n) is 8.58. The Bertz CT molecular complexity index is 592. The number of piperidine rings is 1. The van der Waals surface area contributed by atoms with Gasteiger partial charge in [0.25, 0.3) is 0 Å². The van der Waals surface area contributed by atoms with Gasteiger partial charge in [-0.15, -0.1) is 0 Å². The van der Waals surface area contributed by atoms with Gasteiger partial charge >= 0.3 is 5.97 Å². The van der Waals surface area contributed by atoms with Crippen molar-refractivity contribution in [3.05, 3.63) is 12.2 Å². The summed E-state index contributed by atoms with van der Waals surface area (Å²) in [5, 5.41) is 10.6. The lowest BCUT2D eigenvalue weighted by Crippen LogP contribution is -2.66. The van der Waals surface area contributed by atoms with Crippen LogP contribution in [0.5, 0.6) is 0 Å². The molecule has 0 amide bonds. The monoisotopic (exact) mass is 333 g/mol. The van der Waals surface area contributed by atoms with Gasteiger partial charge in [0.2, 0.25) is 0 Å². The van der Waals surface area contributed by atoms with Gasteiger partial charge in [0.05, 0.1) is 12.2 Å². The van der Waals surface area contributed by atoms with Crippen LogP contribution in [0.2, 0.25) is 0 Å². The van der Waals surface area contributed by atoms with E-state index < -0.39 is 0 Å². The molecule has 9 atom stereocenters. The SMILES string of the molecule is CC(=O)O[C@H]1C=C[C@H]2[C@H]3CC4CCC(O)C5OC1[C@]2(CCN3C)C45. The van der Waals surface area contributed by atoms with Crippen LogP contribution < -0.4 is 0 Å². The first kappa shape index (κ1) is 15.4. The smallest absolute Gasteiger partial charge is 0.303 e. The van der Waals surface area contributed by atoms with Crippen LogP contribution in [0.3, 0.4) is 0 Å². The van der Waals surface area contributed by atoms with Crippen molar-refractivity contribution in [2.24, 2.45) is 23.2 Å². The topological polar surface area (TPSA) is 59.0 Å². The predicted octanol–water partition coefficient (Wildman–Crippen LogP) is 1.35. The Labute approximate surface area is 143 Å². The Balaban J connectivity index is 1.63. The van der Waals surface area contributed by atoms with Crippen LogP contribution in [0, 0.1) is 23.2 Å². The van der Waals surface area contributed by atoms with Crippen LogP contribution in [-0.4, -0.2) is 60.0 Å². The minimum Gasteiger partial charge on any atom is -0.456 e. The number of nitrogens with zero attached hydrogens (tertiary/aromatic N) is 1. The Hall–Kier alpha value is -0.910. The maximum Gasteiger partial charge on any atom is 0.303 e. The summed E-state index contributed by atoms with van der Waals surface area (Å²) in [5.74, 6) is 1.22. The molecule has 4 fully saturated rings. The highest BCUT2D eigenvalue weighted by atomic mass is 16.6. The van der Waals surface area contributed by atoms with Crippen molar-refractivity contribution in [1.82, 2.24) is 4.90 Å². The van der Waals surface area contributed by atoms with Gasteiger partial charge in [0.1, 0.15) is 12.2 Å². The summed E-state index contributed by atoms with van der Waals surface area (Å²) in [4.78, 5) is 14.1. The van der Waals surface area contributed by atoms with Crippen LogP contribution in [0.1, 0.15) is 32.6 Å². The van der Waals surface area contributed by atoms with E-state index >= 15 is 0 Å². The van der Waals surface area contributed by atoms with Gasteiger partial charge < -0.3 is 19.5 Å². The summed E-state index contributed by atoms with van der Waals surface area (Å²) in [7, 11) is 2.24. The van der Waals surface area contributed by atoms with E-state index in [2.05, 4.69) is 18.0 Å². The molecule has 1 spiro atoms. The predicted molar refractivity (Wildman–Crippen MR) is 87.2 cm³/mol. The van der Waals surface area contributed by atoms with E-state index in [0.717, 1.165) is 25.8 Å². The van der Waals surface area contributed by atoms with Crippen LogP contribution >= 0.6 is 0 Å². The third-order valence-electron chi connectivity index (χ3n) is 7.68. The largest absolute Gasteiger partial charge is 0.456 e. The molecule has 0 aromatic carbocycles. The maximum absolute atomic E-state index is 11.6. The molecule has 5 rings (SSSR count). The van der Waals surface area contributed by atoms with Crippen molar-refractivity contribution in [3.63, 3.8) is 0 Å². The number of aliphatic hydroxyl groups excluding tert-OH is 1. The number of esters is 1. The zero-order valence-corrected chi connectivity index (χ0v) is 14.4. The summed E-state index contributed by atoms with van der Waals surface area (Å²) in [6, 6.07) is 0.551. The van der Waals surface area contributed by atoms with Gasteiger partial charge in [-0.05, 0) is 57.2 Å². The van der Waals surface area contributed by atoms with Crippen molar-refractivity contribution in [2.45, 2.75) is 63.1 Å². The van der Waals surface area contributed by atoms with E-state index in [1.807, 2.05) is 6.08 Å². The molecule has 1 N–H and O–H groups in total. The molecular formula is C19H27NO4. The number of aliphatic hydroxyl groups is 1. The number of hydrogen-bond acceptors (Lipinski definition) is 5. The average Bonchev–Trinajstić information content (AvgIpc) is 2.89. The molecule has 0 radical (unpaired) electrons. The van der Waals surface area contributed by atoms with Crippen molar-refractivity contribution in [3.8, 4) is 0 Å². The zero-order chi connectivity index (χ0) is 16.6. The second-order valence-corrected chi connectivity index (χ2v) is 8.58. The molecule has 0 aromatic heterocycles. The molecular weight excluding hydrogens is 306 g/mol. The van der Waals surface area contributed by atoms with E-state index in [-0.39, 0.29) is 35.8 Å². The second kappa shape index (κ2) is 5.05. The third-order valence-corrected chi connectivity index (χ3v) is 7.68. The van der Waals surface area contributed by atoms with Gasteiger partial charge in [0, 0.05) is 24.3 Å². The molecule has 3 aliphatic carbocycles. The Kier molecular flexibility index (Phi) is 3.23. The summed E-state index contributed by atoms with van der Waals surface area (Å²) in [5.41, 5.74) is 0.0288. The molecule has 5 nitrogen and oxygen atoms in total. The number of carbonyl (C=O) groups excluding carboxylic acids is 1. The molecule has 5 aliphatic rings. The molecule has 132 valence electrons. The van der Waals surface area contributed by atoms with E-state index in [1.54, 1.807) is 0 Å². The lowest BCUT2D eigenvalue weighted by Gasteiger charge is -2.62. The average molecular weight is 333 g/mol. The van der Waals surface area contributed by atoms with Gasteiger partial charge in [-0.2, -0.15) is 0 Å². The van der Waals surface area contributed by atoms with Crippen LogP contribution in [0.25, 0.3) is 0 Å². The first-order valence-corrected chi connectivity index (χ1v) is 9.41. The summed E-state index contributed by atoms with van der Waals surface area (Å²) >= 11 is 0. The molecule has 2 aliphatic heterocycles. The quantitative estimate of drug-likeness (QED) is 0.580. The molecule has 5 unspecified atom stereocenters. The van der Waals surface area contributed by atoms with Gasteiger partial charge in [-0.3, -0.25) is 4.79 Å². The van der Waals surface area contributed by atoms with E-state index in [1.165, 1.54) is 13.3 Å². The lowest BCUT2D eigenvalue weighted by atomic mass is 9.46.